The maximum absolute atomic E-state index is 9.63. The second-order valence-corrected chi connectivity index (χ2v) is 4.79. The zero-order chi connectivity index (χ0) is 9.35. The van der Waals surface area contributed by atoms with E-state index in [2.05, 4.69) is 29.8 Å². The van der Waals surface area contributed by atoms with Gasteiger partial charge >= 0.3 is 0 Å². The van der Waals surface area contributed by atoms with Crippen molar-refractivity contribution < 1.29 is 5.11 Å². The van der Waals surface area contributed by atoms with Gasteiger partial charge in [0.1, 0.15) is 0 Å². The molecule has 0 radical (unpaired) electrons. The maximum Gasteiger partial charge on any atom is 0.0750 e. The highest BCUT2D eigenvalue weighted by atomic mass is 79.9. The first kappa shape index (κ1) is 10.3. The molecular formula is C10H17BrO. The van der Waals surface area contributed by atoms with Crippen molar-refractivity contribution in [1.29, 1.82) is 0 Å². The van der Waals surface area contributed by atoms with Crippen LogP contribution in [0.4, 0.5) is 0 Å². The third-order valence-corrected chi connectivity index (χ3v) is 3.53. The minimum absolute atomic E-state index is 0.203. The van der Waals surface area contributed by atoms with Crippen LogP contribution in [0.5, 0.6) is 0 Å². The number of alkyl halides is 1. The monoisotopic (exact) mass is 232 g/mol. The number of halogens is 1. The van der Waals surface area contributed by atoms with Gasteiger partial charge in [-0.15, -0.1) is 0 Å². The second-order valence-electron chi connectivity index (χ2n) is 4.23. The van der Waals surface area contributed by atoms with Gasteiger partial charge in [0.15, 0.2) is 0 Å². The highest BCUT2D eigenvalue weighted by molar-refractivity contribution is 9.09. The number of allylic oxidation sites excluding steroid dienone is 1. The molecule has 1 rings (SSSR count). The Labute approximate surface area is 83.0 Å². The first-order chi connectivity index (χ1) is 5.49. The second kappa shape index (κ2) is 3.51. The molecule has 0 unspecified atom stereocenters. The topological polar surface area (TPSA) is 20.2 Å². The van der Waals surface area contributed by atoms with Gasteiger partial charge in [0.05, 0.1) is 6.10 Å². The fraction of sp³-hybridized carbons (Fsp3) is 0.800. The summed E-state index contributed by atoms with van der Waals surface area (Å²) in [4.78, 5) is 0. The lowest BCUT2D eigenvalue weighted by Gasteiger charge is -2.36. The summed E-state index contributed by atoms with van der Waals surface area (Å²) >= 11 is 3.49. The number of aliphatic hydroxyl groups excluding tert-OH is 1. The molecule has 0 aromatic rings. The molecule has 70 valence electrons. The Bertz CT molecular complexity index is 206. The number of rotatable bonds is 1. The van der Waals surface area contributed by atoms with Crippen molar-refractivity contribution in [3.8, 4) is 0 Å². The van der Waals surface area contributed by atoms with E-state index in [1.54, 1.807) is 0 Å². The van der Waals surface area contributed by atoms with E-state index in [0.717, 1.165) is 18.2 Å². The fourth-order valence-corrected chi connectivity index (χ4v) is 3.09. The van der Waals surface area contributed by atoms with Gasteiger partial charge in [0.25, 0.3) is 0 Å². The van der Waals surface area contributed by atoms with E-state index in [0.29, 0.717) is 0 Å². The Kier molecular flexibility index (Phi) is 3.00. The van der Waals surface area contributed by atoms with Gasteiger partial charge in [-0.25, -0.2) is 0 Å². The van der Waals surface area contributed by atoms with E-state index in [1.807, 2.05) is 6.92 Å². The van der Waals surface area contributed by atoms with Crippen LogP contribution in [0, 0.1) is 5.41 Å². The molecule has 1 nitrogen and oxygen atoms in total. The molecule has 12 heavy (non-hydrogen) atoms. The third kappa shape index (κ3) is 1.74. The van der Waals surface area contributed by atoms with Gasteiger partial charge in [0, 0.05) is 5.33 Å². The summed E-state index contributed by atoms with van der Waals surface area (Å²) in [6.07, 6.45) is 1.80. The summed E-state index contributed by atoms with van der Waals surface area (Å²) in [5, 5.41) is 10.5. The molecule has 0 aromatic heterocycles. The van der Waals surface area contributed by atoms with Crippen molar-refractivity contribution in [2.24, 2.45) is 5.41 Å². The summed E-state index contributed by atoms with van der Waals surface area (Å²) in [6, 6.07) is 0. The molecule has 1 aliphatic rings. The van der Waals surface area contributed by atoms with Crippen molar-refractivity contribution >= 4 is 15.9 Å². The molecular weight excluding hydrogens is 216 g/mol. The van der Waals surface area contributed by atoms with Crippen LogP contribution in [0.25, 0.3) is 0 Å². The summed E-state index contributed by atoms with van der Waals surface area (Å²) < 4.78 is 0. The molecule has 2 heteroatoms. The SMILES string of the molecule is CC1=C(CBr)C(C)(C)CC[C@H]1O. The van der Waals surface area contributed by atoms with Crippen LogP contribution in [0.3, 0.4) is 0 Å². The minimum atomic E-state index is -0.203. The number of hydrogen-bond donors (Lipinski definition) is 1. The largest absolute Gasteiger partial charge is 0.389 e. The molecule has 0 fully saturated rings. The first-order valence-electron chi connectivity index (χ1n) is 4.43. The predicted molar refractivity (Wildman–Crippen MR) is 55.5 cm³/mol. The highest BCUT2D eigenvalue weighted by Gasteiger charge is 2.31. The molecule has 1 N–H and O–H groups in total. The van der Waals surface area contributed by atoms with E-state index in [-0.39, 0.29) is 11.5 Å². The summed E-state index contributed by atoms with van der Waals surface area (Å²) in [5.74, 6) is 0. The van der Waals surface area contributed by atoms with Gasteiger partial charge in [-0.05, 0) is 30.8 Å². The summed E-state index contributed by atoms with van der Waals surface area (Å²) in [7, 11) is 0. The average Bonchev–Trinajstić information content (AvgIpc) is 1.99. The van der Waals surface area contributed by atoms with Crippen LogP contribution < -0.4 is 0 Å². The Morgan fingerprint density at radius 3 is 2.58 bits per heavy atom. The Balaban J connectivity index is 3.01. The van der Waals surface area contributed by atoms with Gasteiger partial charge in [0.2, 0.25) is 0 Å². The fourth-order valence-electron chi connectivity index (χ4n) is 1.89. The quantitative estimate of drug-likeness (QED) is 0.545. The smallest absolute Gasteiger partial charge is 0.0750 e. The zero-order valence-electron chi connectivity index (χ0n) is 8.02. The van der Waals surface area contributed by atoms with Crippen molar-refractivity contribution in [3.05, 3.63) is 11.1 Å². The maximum atomic E-state index is 9.63. The highest BCUT2D eigenvalue weighted by Crippen LogP contribution is 2.40. The summed E-state index contributed by atoms with van der Waals surface area (Å²) in [5.41, 5.74) is 2.82. The van der Waals surface area contributed by atoms with Crippen molar-refractivity contribution in [3.63, 3.8) is 0 Å². The lowest BCUT2D eigenvalue weighted by atomic mass is 9.72. The van der Waals surface area contributed by atoms with Gasteiger partial charge in [-0.2, -0.15) is 0 Å². The first-order valence-corrected chi connectivity index (χ1v) is 5.55. The Morgan fingerprint density at radius 1 is 1.58 bits per heavy atom. The number of hydrogen-bond acceptors (Lipinski definition) is 1. The zero-order valence-corrected chi connectivity index (χ0v) is 9.61. The van der Waals surface area contributed by atoms with Crippen LogP contribution in [-0.4, -0.2) is 16.5 Å². The lowest BCUT2D eigenvalue weighted by molar-refractivity contribution is 0.161. The molecule has 0 amide bonds. The molecule has 0 saturated heterocycles. The van der Waals surface area contributed by atoms with Gasteiger partial charge in [-0.1, -0.05) is 35.4 Å². The van der Waals surface area contributed by atoms with Crippen LogP contribution in [0.2, 0.25) is 0 Å². The van der Waals surface area contributed by atoms with E-state index >= 15 is 0 Å². The Morgan fingerprint density at radius 2 is 2.17 bits per heavy atom. The third-order valence-electron chi connectivity index (χ3n) is 2.97. The molecule has 0 aromatic carbocycles. The molecule has 0 bridgehead atoms. The van der Waals surface area contributed by atoms with Crippen LogP contribution in [0.1, 0.15) is 33.6 Å². The molecule has 0 spiro atoms. The van der Waals surface area contributed by atoms with Crippen molar-refractivity contribution in [1.82, 2.24) is 0 Å². The molecule has 0 aliphatic heterocycles. The van der Waals surface area contributed by atoms with Gasteiger partial charge in [-0.3, -0.25) is 0 Å². The van der Waals surface area contributed by atoms with Crippen LogP contribution >= 0.6 is 15.9 Å². The minimum Gasteiger partial charge on any atom is -0.389 e. The predicted octanol–water partition coefficient (Wildman–Crippen LogP) is 2.88. The van der Waals surface area contributed by atoms with E-state index < -0.39 is 0 Å². The van der Waals surface area contributed by atoms with Crippen LogP contribution in [-0.2, 0) is 0 Å². The molecule has 0 saturated carbocycles. The van der Waals surface area contributed by atoms with Crippen molar-refractivity contribution in [2.75, 3.05) is 5.33 Å². The van der Waals surface area contributed by atoms with E-state index in [1.165, 1.54) is 11.1 Å². The molecule has 1 aliphatic carbocycles. The van der Waals surface area contributed by atoms with E-state index in [4.69, 9.17) is 0 Å². The standard InChI is InChI=1S/C10H17BrO/c1-7-8(6-11)10(2,3)5-4-9(7)12/h9,12H,4-6H2,1-3H3/t9-/m1/s1. The Hall–Kier alpha value is 0.180. The van der Waals surface area contributed by atoms with Crippen molar-refractivity contribution in [2.45, 2.75) is 39.7 Å². The van der Waals surface area contributed by atoms with E-state index in [9.17, 15) is 5.11 Å². The molecule has 1 atom stereocenters. The van der Waals surface area contributed by atoms with Crippen LogP contribution in [0.15, 0.2) is 11.1 Å². The summed E-state index contributed by atoms with van der Waals surface area (Å²) in [6.45, 7) is 6.54. The molecule has 0 heterocycles. The normalized spacial score (nSPS) is 29.2. The average molecular weight is 233 g/mol. The lowest BCUT2D eigenvalue weighted by Crippen LogP contribution is -2.28. The number of aliphatic hydroxyl groups is 1. The van der Waals surface area contributed by atoms with Gasteiger partial charge < -0.3 is 5.11 Å².